The van der Waals surface area contributed by atoms with Crippen LogP contribution in [0, 0.1) is 0 Å². The molecule has 0 aliphatic carbocycles. The highest BCUT2D eigenvalue weighted by molar-refractivity contribution is 5.91. The predicted octanol–water partition coefficient (Wildman–Crippen LogP) is 1.89. The summed E-state index contributed by atoms with van der Waals surface area (Å²) in [5.41, 5.74) is 3.11. The van der Waals surface area contributed by atoms with Crippen molar-refractivity contribution in [3.8, 4) is 11.6 Å². The van der Waals surface area contributed by atoms with Gasteiger partial charge in [0.15, 0.2) is 23.6 Å². The van der Waals surface area contributed by atoms with Gasteiger partial charge in [-0.3, -0.25) is 9.48 Å². The van der Waals surface area contributed by atoms with E-state index < -0.39 is 0 Å². The Morgan fingerprint density at radius 3 is 3.00 bits per heavy atom. The molecule has 4 heterocycles. The van der Waals surface area contributed by atoms with Gasteiger partial charge < -0.3 is 18.6 Å². The first-order chi connectivity index (χ1) is 13.5. The van der Waals surface area contributed by atoms with Crippen LogP contribution >= 0.6 is 0 Å². The maximum atomic E-state index is 12.2. The first-order valence-corrected chi connectivity index (χ1v) is 9.19. The summed E-state index contributed by atoms with van der Waals surface area (Å²) < 4.78 is 17.9. The first-order valence-electron chi connectivity index (χ1n) is 9.19. The lowest BCUT2D eigenvalue weighted by Gasteiger charge is -2.16. The Labute approximate surface area is 161 Å². The number of likely N-dealkylation sites (N-methyl/N-ethyl adjacent to an activating group) is 1. The van der Waals surface area contributed by atoms with Gasteiger partial charge in [0.2, 0.25) is 0 Å². The van der Waals surface area contributed by atoms with Crippen LogP contribution in [0.1, 0.15) is 47.5 Å². The molecule has 0 radical (unpaired) electrons. The molecule has 3 aromatic rings. The Hall–Kier alpha value is -3.01. The maximum Gasteiger partial charge on any atom is 0.278 e. The van der Waals surface area contributed by atoms with Crippen molar-refractivity contribution in [1.29, 1.82) is 0 Å². The topological polar surface area (TPSA) is 112 Å². The first kappa shape index (κ1) is 18.4. The van der Waals surface area contributed by atoms with Gasteiger partial charge in [-0.05, 0) is 13.8 Å². The molecule has 0 N–H and O–H groups in total. The molecule has 1 amide bonds. The standard InChI is InChI=1S/C18H22N6O4/c1-11(2)24-14-5-7-26-8-12(14)16(21-24)17-20-15(22-28-17)4-6-23(3)18(25)13-9-27-10-19-13/h9-11H,4-8H2,1-3H3. The monoisotopic (exact) mass is 386 g/mol. The molecular weight excluding hydrogens is 364 g/mol. The summed E-state index contributed by atoms with van der Waals surface area (Å²) in [6, 6.07) is 0.235. The molecular formula is C18H22N6O4. The number of amides is 1. The number of nitrogens with zero attached hydrogens (tertiary/aromatic N) is 6. The molecule has 4 rings (SSSR count). The number of rotatable bonds is 6. The van der Waals surface area contributed by atoms with Gasteiger partial charge in [0.25, 0.3) is 11.8 Å². The van der Waals surface area contributed by atoms with Gasteiger partial charge in [-0.25, -0.2) is 4.98 Å². The molecule has 1 aliphatic heterocycles. The fraction of sp³-hybridized carbons (Fsp3) is 0.500. The summed E-state index contributed by atoms with van der Waals surface area (Å²) in [7, 11) is 1.69. The van der Waals surface area contributed by atoms with Crippen molar-refractivity contribution in [1.82, 2.24) is 29.8 Å². The summed E-state index contributed by atoms with van der Waals surface area (Å²) in [6.07, 6.45) is 3.82. The van der Waals surface area contributed by atoms with Crippen LogP contribution in [0.2, 0.25) is 0 Å². The minimum atomic E-state index is -0.223. The molecule has 28 heavy (non-hydrogen) atoms. The van der Waals surface area contributed by atoms with Gasteiger partial charge >= 0.3 is 0 Å². The molecule has 10 heteroatoms. The zero-order valence-corrected chi connectivity index (χ0v) is 16.1. The Balaban J connectivity index is 1.48. The van der Waals surface area contributed by atoms with Gasteiger partial charge in [-0.1, -0.05) is 5.16 Å². The Morgan fingerprint density at radius 1 is 1.39 bits per heavy atom. The van der Waals surface area contributed by atoms with E-state index in [4.69, 9.17) is 13.7 Å². The maximum absolute atomic E-state index is 12.2. The summed E-state index contributed by atoms with van der Waals surface area (Å²) in [6.45, 7) is 5.78. The Bertz CT molecular complexity index is 959. The van der Waals surface area contributed by atoms with Crippen LogP contribution in [0.3, 0.4) is 0 Å². The highest BCUT2D eigenvalue weighted by Crippen LogP contribution is 2.29. The minimum Gasteiger partial charge on any atom is -0.451 e. The van der Waals surface area contributed by atoms with E-state index in [0.717, 1.165) is 17.7 Å². The second-order valence-electron chi connectivity index (χ2n) is 6.98. The second kappa shape index (κ2) is 7.55. The van der Waals surface area contributed by atoms with E-state index in [9.17, 15) is 4.79 Å². The average Bonchev–Trinajstić information content (AvgIpc) is 3.44. The number of fused-ring (bicyclic) bond motifs is 1. The van der Waals surface area contributed by atoms with Crippen LogP contribution < -0.4 is 0 Å². The number of carbonyl (C=O) groups excluding carboxylic acids is 1. The molecule has 0 fully saturated rings. The molecule has 0 unspecified atom stereocenters. The molecule has 10 nitrogen and oxygen atoms in total. The van der Waals surface area contributed by atoms with Gasteiger partial charge in [-0.2, -0.15) is 10.1 Å². The molecule has 0 aromatic carbocycles. The van der Waals surface area contributed by atoms with E-state index in [2.05, 4.69) is 34.1 Å². The van der Waals surface area contributed by atoms with E-state index in [1.165, 1.54) is 17.6 Å². The van der Waals surface area contributed by atoms with Crippen LogP contribution in [-0.2, 0) is 24.2 Å². The summed E-state index contributed by atoms with van der Waals surface area (Å²) in [5, 5.41) is 8.73. The van der Waals surface area contributed by atoms with Crippen molar-refractivity contribution in [2.75, 3.05) is 20.2 Å². The molecule has 0 saturated carbocycles. The molecule has 0 saturated heterocycles. The van der Waals surface area contributed by atoms with E-state index >= 15 is 0 Å². The van der Waals surface area contributed by atoms with Crippen LogP contribution in [0.25, 0.3) is 11.6 Å². The van der Waals surface area contributed by atoms with E-state index in [1.54, 1.807) is 7.05 Å². The summed E-state index contributed by atoms with van der Waals surface area (Å²) >= 11 is 0. The number of ether oxygens (including phenoxy) is 1. The van der Waals surface area contributed by atoms with E-state index in [-0.39, 0.29) is 17.6 Å². The van der Waals surface area contributed by atoms with Gasteiger partial charge in [0.05, 0.1) is 13.2 Å². The number of hydrogen-bond acceptors (Lipinski definition) is 8. The quantitative estimate of drug-likeness (QED) is 0.631. The number of aromatic nitrogens is 5. The van der Waals surface area contributed by atoms with Crippen LogP contribution in [0.4, 0.5) is 0 Å². The van der Waals surface area contributed by atoms with Gasteiger partial charge in [0.1, 0.15) is 6.26 Å². The van der Waals surface area contributed by atoms with Crippen molar-refractivity contribution in [3.63, 3.8) is 0 Å². The van der Waals surface area contributed by atoms with Crippen LogP contribution in [0.5, 0.6) is 0 Å². The largest absolute Gasteiger partial charge is 0.451 e. The van der Waals surface area contributed by atoms with Gasteiger partial charge in [-0.15, -0.1) is 0 Å². The van der Waals surface area contributed by atoms with Gasteiger partial charge in [0, 0.05) is 43.7 Å². The van der Waals surface area contributed by atoms with Crippen molar-refractivity contribution in [2.24, 2.45) is 0 Å². The average molecular weight is 386 g/mol. The lowest BCUT2D eigenvalue weighted by Crippen LogP contribution is -2.29. The number of carbonyl (C=O) groups is 1. The second-order valence-corrected chi connectivity index (χ2v) is 6.98. The molecule has 0 bridgehead atoms. The molecule has 0 atom stereocenters. The molecule has 148 valence electrons. The third-order valence-electron chi connectivity index (χ3n) is 4.68. The van der Waals surface area contributed by atoms with Crippen molar-refractivity contribution < 1.29 is 18.5 Å². The summed E-state index contributed by atoms with van der Waals surface area (Å²) in [5.74, 6) is 0.667. The smallest absolute Gasteiger partial charge is 0.278 e. The van der Waals surface area contributed by atoms with Crippen LogP contribution in [0.15, 0.2) is 21.6 Å². The number of oxazole rings is 1. The fourth-order valence-corrected chi connectivity index (χ4v) is 3.20. The SMILES string of the molecule is CC(C)n1nc(-c2nc(CCN(C)C(=O)c3cocn3)no2)c2c1CCOC2. The molecule has 3 aromatic heterocycles. The van der Waals surface area contributed by atoms with E-state index in [0.29, 0.717) is 43.6 Å². The normalized spacial score (nSPS) is 13.7. The Kier molecular flexibility index (Phi) is 4.95. The van der Waals surface area contributed by atoms with E-state index in [1.807, 2.05) is 4.68 Å². The minimum absolute atomic E-state index is 0.223. The third-order valence-corrected chi connectivity index (χ3v) is 4.68. The highest BCUT2D eigenvalue weighted by Gasteiger charge is 2.26. The van der Waals surface area contributed by atoms with Crippen molar-refractivity contribution >= 4 is 5.91 Å². The molecule has 0 spiro atoms. The number of hydrogen-bond donors (Lipinski definition) is 0. The van der Waals surface area contributed by atoms with Crippen molar-refractivity contribution in [2.45, 2.75) is 39.3 Å². The fourth-order valence-electron chi connectivity index (χ4n) is 3.20. The molecule has 1 aliphatic rings. The lowest BCUT2D eigenvalue weighted by molar-refractivity contribution is 0.0790. The predicted molar refractivity (Wildman–Crippen MR) is 96.4 cm³/mol. The van der Waals surface area contributed by atoms with Crippen LogP contribution in [-0.4, -0.2) is 55.9 Å². The third kappa shape index (κ3) is 3.42. The zero-order valence-electron chi connectivity index (χ0n) is 16.1. The summed E-state index contributed by atoms with van der Waals surface area (Å²) in [4.78, 5) is 22.1. The zero-order chi connectivity index (χ0) is 19.7. The Morgan fingerprint density at radius 2 is 2.25 bits per heavy atom. The highest BCUT2D eigenvalue weighted by atomic mass is 16.5. The lowest BCUT2D eigenvalue weighted by atomic mass is 10.1. The van der Waals surface area contributed by atoms with Crippen molar-refractivity contribution in [3.05, 3.63) is 35.4 Å².